The molecule has 0 bridgehead atoms. The van der Waals surface area contributed by atoms with Crippen molar-refractivity contribution in [3.8, 4) is 0 Å². The molecule has 3 rings (SSSR count). The Bertz CT molecular complexity index is 627. The number of nitrogens with one attached hydrogen (secondary N) is 1. The molecule has 1 aromatic carbocycles. The minimum atomic E-state index is -0.907. The molecule has 1 fully saturated rings. The molecular formula is C15H19F2N3. The van der Waals surface area contributed by atoms with Gasteiger partial charge in [0.15, 0.2) is 11.6 Å². The van der Waals surface area contributed by atoms with Crippen LogP contribution in [0, 0.1) is 17.6 Å². The highest BCUT2D eigenvalue weighted by molar-refractivity contribution is 5.76. The minimum absolute atomic E-state index is 0.0439. The number of H-pyrrole nitrogens is 1. The molecular weight excluding hydrogens is 260 g/mol. The Labute approximate surface area is 116 Å². The lowest BCUT2D eigenvalue weighted by Crippen LogP contribution is -2.41. The van der Waals surface area contributed by atoms with Crippen LogP contribution in [-0.2, 0) is 5.54 Å². The molecule has 0 spiro atoms. The highest BCUT2D eigenvalue weighted by atomic mass is 19.2. The summed E-state index contributed by atoms with van der Waals surface area (Å²) in [6.07, 6.45) is 4.93. The van der Waals surface area contributed by atoms with Crippen LogP contribution < -0.4 is 5.73 Å². The molecule has 3 N–H and O–H groups in total. The van der Waals surface area contributed by atoms with Crippen LogP contribution in [0.4, 0.5) is 8.78 Å². The van der Waals surface area contributed by atoms with Crippen LogP contribution in [0.5, 0.6) is 0 Å². The summed E-state index contributed by atoms with van der Waals surface area (Å²) in [5.41, 5.74) is 6.44. The van der Waals surface area contributed by atoms with Crippen molar-refractivity contribution in [2.24, 2.45) is 11.7 Å². The lowest BCUT2D eigenvalue weighted by Gasteiger charge is -2.35. The van der Waals surface area contributed by atoms with Crippen molar-refractivity contribution in [1.82, 2.24) is 9.97 Å². The third kappa shape index (κ3) is 2.10. The van der Waals surface area contributed by atoms with E-state index in [1.807, 2.05) is 0 Å². The molecule has 0 aliphatic heterocycles. The standard InChI is InChI=1S/C15H19F2N3/c1-2-9-5-7-15(18,8-6-9)14-19-11-4-3-10(16)12(17)13(11)20-14/h3-4,9H,2,5-8,18H2,1H3,(H,19,20). The topological polar surface area (TPSA) is 54.7 Å². The predicted octanol–water partition coefficient (Wildman–Crippen LogP) is 3.60. The van der Waals surface area contributed by atoms with Gasteiger partial charge in [-0.25, -0.2) is 13.8 Å². The summed E-state index contributed by atoms with van der Waals surface area (Å²) in [6.45, 7) is 2.19. The molecule has 108 valence electrons. The Balaban J connectivity index is 1.96. The molecule has 1 aromatic heterocycles. The van der Waals surface area contributed by atoms with Crippen LogP contribution in [0.2, 0.25) is 0 Å². The van der Waals surface area contributed by atoms with Crippen LogP contribution in [0.25, 0.3) is 11.0 Å². The highest BCUT2D eigenvalue weighted by Crippen LogP contribution is 2.38. The Hall–Kier alpha value is -1.49. The first-order chi connectivity index (χ1) is 9.53. The fourth-order valence-corrected chi connectivity index (χ4v) is 3.09. The number of rotatable bonds is 2. The van der Waals surface area contributed by atoms with Gasteiger partial charge in [-0.1, -0.05) is 13.3 Å². The van der Waals surface area contributed by atoms with E-state index in [4.69, 9.17) is 5.73 Å². The molecule has 0 unspecified atom stereocenters. The number of aromatic amines is 1. The fourth-order valence-electron chi connectivity index (χ4n) is 3.09. The summed E-state index contributed by atoms with van der Waals surface area (Å²) in [6, 6.07) is 2.61. The van der Waals surface area contributed by atoms with E-state index in [9.17, 15) is 8.78 Å². The van der Waals surface area contributed by atoms with E-state index in [0.29, 0.717) is 17.3 Å². The van der Waals surface area contributed by atoms with Gasteiger partial charge in [0.1, 0.15) is 11.3 Å². The van der Waals surface area contributed by atoms with Gasteiger partial charge in [0.2, 0.25) is 0 Å². The van der Waals surface area contributed by atoms with Crippen molar-refractivity contribution in [2.45, 2.75) is 44.6 Å². The lowest BCUT2D eigenvalue weighted by atomic mass is 9.76. The SMILES string of the molecule is CCC1CCC(N)(c2nc3c(F)c(F)ccc3[nH]2)CC1. The van der Waals surface area contributed by atoms with E-state index < -0.39 is 17.2 Å². The maximum atomic E-state index is 13.7. The first-order valence-electron chi connectivity index (χ1n) is 7.16. The summed E-state index contributed by atoms with van der Waals surface area (Å²) in [7, 11) is 0. The van der Waals surface area contributed by atoms with E-state index >= 15 is 0 Å². The second kappa shape index (κ2) is 4.81. The first kappa shape index (κ1) is 13.5. The molecule has 1 aliphatic rings. The first-order valence-corrected chi connectivity index (χ1v) is 7.16. The normalized spacial score (nSPS) is 27.1. The molecule has 2 aromatic rings. The zero-order valence-corrected chi connectivity index (χ0v) is 11.5. The van der Waals surface area contributed by atoms with Crippen molar-refractivity contribution >= 4 is 11.0 Å². The lowest BCUT2D eigenvalue weighted by molar-refractivity contribution is 0.223. The Kier molecular flexibility index (Phi) is 3.24. The van der Waals surface area contributed by atoms with Crippen LogP contribution in [0.15, 0.2) is 12.1 Å². The predicted molar refractivity (Wildman–Crippen MR) is 74.1 cm³/mol. The number of benzene rings is 1. The third-order valence-electron chi connectivity index (χ3n) is 4.59. The molecule has 1 saturated carbocycles. The van der Waals surface area contributed by atoms with Crippen LogP contribution in [0.3, 0.4) is 0 Å². The van der Waals surface area contributed by atoms with Gasteiger partial charge in [0.05, 0.1) is 11.1 Å². The van der Waals surface area contributed by atoms with Gasteiger partial charge in [0.25, 0.3) is 0 Å². The molecule has 1 heterocycles. The van der Waals surface area contributed by atoms with Gasteiger partial charge in [0, 0.05) is 0 Å². The molecule has 20 heavy (non-hydrogen) atoms. The number of aromatic nitrogens is 2. The molecule has 0 radical (unpaired) electrons. The highest BCUT2D eigenvalue weighted by Gasteiger charge is 2.35. The largest absolute Gasteiger partial charge is 0.340 e. The zero-order valence-electron chi connectivity index (χ0n) is 11.5. The van der Waals surface area contributed by atoms with Crippen molar-refractivity contribution in [1.29, 1.82) is 0 Å². The van der Waals surface area contributed by atoms with E-state index in [2.05, 4.69) is 16.9 Å². The van der Waals surface area contributed by atoms with E-state index in [-0.39, 0.29) is 5.52 Å². The molecule has 0 atom stereocenters. The van der Waals surface area contributed by atoms with Gasteiger partial charge < -0.3 is 10.7 Å². The smallest absolute Gasteiger partial charge is 0.186 e. The number of imidazole rings is 1. The van der Waals surface area contributed by atoms with Gasteiger partial charge in [-0.15, -0.1) is 0 Å². The van der Waals surface area contributed by atoms with Gasteiger partial charge in [-0.2, -0.15) is 0 Å². The van der Waals surface area contributed by atoms with Crippen molar-refractivity contribution in [3.05, 3.63) is 29.6 Å². The van der Waals surface area contributed by atoms with E-state index in [0.717, 1.165) is 38.2 Å². The molecule has 1 aliphatic carbocycles. The number of halogens is 2. The second-order valence-electron chi connectivity index (χ2n) is 5.85. The second-order valence-corrected chi connectivity index (χ2v) is 5.85. The van der Waals surface area contributed by atoms with Crippen LogP contribution in [0.1, 0.15) is 44.9 Å². The maximum Gasteiger partial charge on any atom is 0.186 e. The Morgan fingerprint density at radius 1 is 1.35 bits per heavy atom. The minimum Gasteiger partial charge on any atom is -0.340 e. The number of nitrogens with two attached hydrogens (primary N) is 1. The Morgan fingerprint density at radius 3 is 2.70 bits per heavy atom. The molecule has 0 amide bonds. The van der Waals surface area contributed by atoms with Crippen molar-refractivity contribution in [3.63, 3.8) is 0 Å². The van der Waals surface area contributed by atoms with Gasteiger partial charge in [-0.05, 0) is 43.7 Å². The Morgan fingerprint density at radius 2 is 2.05 bits per heavy atom. The number of hydrogen-bond acceptors (Lipinski definition) is 2. The monoisotopic (exact) mass is 279 g/mol. The van der Waals surface area contributed by atoms with Gasteiger partial charge >= 0.3 is 0 Å². The maximum absolute atomic E-state index is 13.7. The van der Waals surface area contributed by atoms with Crippen LogP contribution in [-0.4, -0.2) is 9.97 Å². The number of hydrogen-bond donors (Lipinski definition) is 2. The molecule has 3 nitrogen and oxygen atoms in total. The molecule has 0 saturated heterocycles. The summed E-state index contributed by atoms with van der Waals surface area (Å²) in [4.78, 5) is 7.29. The van der Waals surface area contributed by atoms with Crippen molar-refractivity contribution in [2.75, 3.05) is 0 Å². The van der Waals surface area contributed by atoms with Crippen LogP contribution >= 0.6 is 0 Å². The summed E-state index contributed by atoms with van der Waals surface area (Å²) in [5, 5.41) is 0. The van der Waals surface area contributed by atoms with E-state index in [1.54, 1.807) is 0 Å². The number of nitrogens with zero attached hydrogens (tertiary/aromatic N) is 1. The number of fused-ring (bicyclic) bond motifs is 1. The summed E-state index contributed by atoms with van der Waals surface area (Å²) in [5.74, 6) is -0.496. The quantitative estimate of drug-likeness (QED) is 0.882. The molecule has 5 heteroatoms. The van der Waals surface area contributed by atoms with Gasteiger partial charge in [-0.3, -0.25) is 0 Å². The zero-order chi connectivity index (χ0) is 14.3. The third-order valence-corrected chi connectivity index (χ3v) is 4.59. The average Bonchev–Trinajstić information content (AvgIpc) is 2.90. The summed E-state index contributed by atoms with van der Waals surface area (Å²) < 4.78 is 27.0. The van der Waals surface area contributed by atoms with Crippen molar-refractivity contribution < 1.29 is 8.78 Å². The average molecular weight is 279 g/mol. The fraction of sp³-hybridized carbons (Fsp3) is 0.533. The summed E-state index contributed by atoms with van der Waals surface area (Å²) >= 11 is 0. The van der Waals surface area contributed by atoms with E-state index in [1.165, 1.54) is 6.07 Å².